The first-order chi connectivity index (χ1) is 10.3. The summed E-state index contributed by atoms with van der Waals surface area (Å²) in [7, 11) is 0. The number of hydrogen-bond donors (Lipinski definition) is 0. The molecule has 22 heavy (non-hydrogen) atoms. The summed E-state index contributed by atoms with van der Waals surface area (Å²) in [6.45, 7) is 5.65. The standard InChI is InChI=1S/C14H20O8/c1-5-18-14-12(21-10(4)17)6-11(20-9(3)16)13(22-14)7-19-8(2)15/h6,11,13-14H,5,7H2,1-4H3/t11-,13+,14-/m0/s1. The highest BCUT2D eigenvalue weighted by Gasteiger charge is 2.36. The van der Waals surface area contributed by atoms with Crippen molar-refractivity contribution in [2.75, 3.05) is 13.2 Å². The summed E-state index contributed by atoms with van der Waals surface area (Å²) < 4.78 is 25.9. The zero-order valence-corrected chi connectivity index (χ0v) is 13.0. The maximum absolute atomic E-state index is 11.2. The molecule has 8 nitrogen and oxygen atoms in total. The molecule has 124 valence electrons. The van der Waals surface area contributed by atoms with Crippen molar-refractivity contribution < 1.29 is 38.1 Å². The molecule has 0 aromatic heterocycles. The van der Waals surface area contributed by atoms with Crippen molar-refractivity contribution in [3.05, 3.63) is 11.8 Å². The second kappa shape index (κ2) is 8.50. The zero-order chi connectivity index (χ0) is 16.7. The minimum absolute atomic E-state index is 0.0969. The molecule has 1 rings (SSSR count). The first-order valence-electron chi connectivity index (χ1n) is 6.81. The van der Waals surface area contributed by atoms with Gasteiger partial charge < -0.3 is 23.7 Å². The highest BCUT2D eigenvalue weighted by atomic mass is 16.7. The Hall–Kier alpha value is -1.93. The summed E-state index contributed by atoms with van der Waals surface area (Å²) in [5.74, 6) is -1.50. The quantitative estimate of drug-likeness (QED) is 0.521. The number of esters is 3. The van der Waals surface area contributed by atoms with Crippen LogP contribution in [0.25, 0.3) is 0 Å². The third-order valence-corrected chi connectivity index (χ3v) is 2.56. The molecule has 0 aliphatic carbocycles. The predicted molar refractivity (Wildman–Crippen MR) is 72.3 cm³/mol. The van der Waals surface area contributed by atoms with Crippen molar-refractivity contribution in [2.45, 2.75) is 46.2 Å². The fourth-order valence-corrected chi connectivity index (χ4v) is 1.81. The van der Waals surface area contributed by atoms with Gasteiger partial charge in [-0.25, -0.2) is 0 Å². The summed E-state index contributed by atoms with van der Waals surface area (Å²) >= 11 is 0. The minimum atomic E-state index is -0.943. The Labute approximate surface area is 128 Å². The average molecular weight is 316 g/mol. The van der Waals surface area contributed by atoms with E-state index in [0.29, 0.717) is 6.61 Å². The second-order valence-electron chi connectivity index (χ2n) is 4.50. The number of hydrogen-bond acceptors (Lipinski definition) is 8. The Bertz CT molecular complexity index is 456. The van der Waals surface area contributed by atoms with E-state index in [4.69, 9.17) is 23.7 Å². The fourth-order valence-electron chi connectivity index (χ4n) is 1.81. The van der Waals surface area contributed by atoms with Crippen LogP contribution >= 0.6 is 0 Å². The van der Waals surface area contributed by atoms with Crippen molar-refractivity contribution in [3.8, 4) is 0 Å². The van der Waals surface area contributed by atoms with E-state index >= 15 is 0 Å². The van der Waals surface area contributed by atoms with E-state index in [1.54, 1.807) is 6.92 Å². The monoisotopic (exact) mass is 316 g/mol. The molecule has 0 aromatic carbocycles. The molecule has 0 bridgehead atoms. The number of rotatable bonds is 6. The highest BCUT2D eigenvalue weighted by molar-refractivity contribution is 5.68. The minimum Gasteiger partial charge on any atom is -0.463 e. The molecule has 0 unspecified atom stereocenters. The van der Waals surface area contributed by atoms with Crippen LogP contribution in [0.4, 0.5) is 0 Å². The first kappa shape index (κ1) is 18.1. The maximum Gasteiger partial charge on any atom is 0.307 e. The van der Waals surface area contributed by atoms with Crippen molar-refractivity contribution in [1.29, 1.82) is 0 Å². The number of ether oxygens (including phenoxy) is 5. The molecule has 0 spiro atoms. The van der Waals surface area contributed by atoms with E-state index in [9.17, 15) is 14.4 Å². The third kappa shape index (κ3) is 5.82. The normalized spacial score (nSPS) is 24.2. The molecule has 0 N–H and O–H groups in total. The molecule has 0 amide bonds. The van der Waals surface area contributed by atoms with Crippen molar-refractivity contribution in [3.63, 3.8) is 0 Å². The third-order valence-electron chi connectivity index (χ3n) is 2.56. The van der Waals surface area contributed by atoms with Crippen LogP contribution in [-0.2, 0) is 38.1 Å². The number of carbonyl (C=O) groups is 3. The molecule has 0 radical (unpaired) electrons. The van der Waals surface area contributed by atoms with Gasteiger partial charge in [0.05, 0.1) is 0 Å². The summed E-state index contributed by atoms with van der Waals surface area (Å²) in [6, 6.07) is 0. The smallest absolute Gasteiger partial charge is 0.307 e. The Morgan fingerprint density at radius 2 is 1.82 bits per heavy atom. The van der Waals surface area contributed by atoms with Crippen LogP contribution in [0.3, 0.4) is 0 Å². The Morgan fingerprint density at radius 1 is 1.14 bits per heavy atom. The van der Waals surface area contributed by atoms with Crippen LogP contribution in [0.5, 0.6) is 0 Å². The van der Waals surface area contributed by atoms with Gasteiger partial charge in [0, 0.05) is 33.5 Å². The van der Waals surface area contributed by atoms with Crippen LogP contribution in [0.1, 0.15) is 27.7 Å². The van der Waals surface area contributed by atoms with E-state index in [0.717, 1.165) is 0 Å². The lowest BCUT2D eigenvalue weighted by Gasteiger charge is -2.33. The molecule has 1 heterocycles. The van der Waals surface area contributed by atoms with Gasteiger partial charge in [0.15, 0.2) is 11.9 Å². The Morgan fingerprint density at radius 3 is 2.32 bits per heavy atom. The Balaban J connectivity index is 2.95. The van der Waals surface area contributed by atoms with Gasteiger partial charge in [-0.15, -0.1) is 0 Å². The second-order valence-corrected chi connectivity index (χ2v) is 4.50. The molecule has 0 aromatic rings. The van der Waals surface area contributed by atoms with E-state index < -0.39 is 36.4 Å². The molecule has 0 saturated heterocycles. The highest BCUT2D eigenvalue weighted by Crippen LogP contribution is 2.24. The van der Waals surface area contributed by atoms with Gasteiger partial charge in [0.2, 0.25) is 6.29 Å². The van der Waals surface area contributed by atoms with E-state index in [1.165, 1.54) is 26.8 Å². The van der Waals surface area contributed by atoms with Gasteiger partial charge in [0.1, 0.15) is 12.7 Å². The zero-order valence-electron chi connectivity index (χ0n) is 13.0. The van der Waals surface area contributed by atoms with Crippen molar-refractivity contribution in [1.82, 2.24) is 0 Å². The van der Waals surface area contributed by atoms with Crippen LogP contribution < -0.4 is 0 Å². The summed E-state index contributed by atoms with van der Waals surface area (Å²) in [5, 5.41) is 0. The van der Waals surface area contributed by atoms with Crippen molar-refractivity contribution in [2.24, 2.45) is 0 Å². The molecule has 3 atom stereocenters. The molecule has 8 heteroatoms. The van der Waals surface area contributed by atoms with Crippen molar-refractivity contribution >= 4 is 17.9 Å². The average Bonchev–Trinajstić information content (AvgIpc) is 2.38. The Kier molecular flexibility index (Phi) is 7.00. The van der Waals surface area contributed by atoms with E-state index in [1.807, 2.05) is 0 Å². The van der Waals surface area contributed by atoms with Crippen LogP contribution in [-0.4, -0.2) is 49.6 Å². The van der Waals surface area contributed by atoms with E-state index in [-0.39, 0.29) is 12.4 Å². The first-order valence-corrected chi connectivity index (χ1v) is 6.81. The van der Waals surface area contributed by atoms with Gasteiger partial charge in [-0.1, -0.05) is 0 Å². The summed E-state index contributed by atoms with van der Waals surface area (Å²) in [5.41, 5.74) is 0. The van der Waals surface area contributed by atoms with E-state index in [2.05, 4.69) is 0 Å². The molecule has 0 fully saturated rings. The summed E-state index contributed by atoms with van der Waals surface area (Å²) in [6.07, 6.45) is -1.14. The largest absolute Gasteiger partial charge is 0.463 e. The topological polar surface area (TPSA) is 97.4 Å². The lowest BCUT2D eigenvalue weighted by Crippen LogP contribution is -2.44. The van der Waals surface area contributed by atoms with Gasteiger partial charge in [-0.05, 0) is 6.92 Å². The molecular formula is C14H20O8. The van der Waals surface area contributed by atoms with Crippen LogP contribution in [0.15, 0.2) is 11.8 Å². The maximum atomic E-state index is 11.2. The molecule has 1 aliphatic rings. The van der Waals surface area contributed by atoms with Crippen LogP contribution in [0, 0.1) is 0 Å². The lowest BCUT2D eigenvalue weighted by atomic mass is 10.1. The van der Waals surface area contributed by atoms with Gasteiger partial charge in [-0.2, -0.15) is 0 Å². The fraction of sp³-hybridized carbons (Fsp3) is 0.643. The van der Waals surface area contributed by atoms with Gasteiger partial charge >= 0.3 is 17.9 Å². The predicted octanol–water partition coefficient (Wildman–Crippen LogP) is 0.690. The van der Waals surface area contributed by atoms with Gasteiger partial charge in [0.25, 0.3) is 0 Å². The molecule has 1 aliphatic heterocycles. The number of carbonyl (C=O) groups excluding carboxylic acids is 3. The van der Waals surface area contributed by atoms with Gasteiger partial charge in [-0.3, -0.25) is 14.4 Å². The van der Waals surface area contributed by atoms with Crippen LogP contribution in [0.2, 0.25) is 0 Å². The SMILES string of the molecule is CCO[C@H]1O[C@H](COC(C)=O)[C@@H](OC(C)=O)C=C1OC(C)=O. The lowest BCUT2D eigenvalue weighted by molar-refractivity contribution is -0.213. The molecular weight excluding hydrogens is 296 g/mol. The summed E-state index contributed by atoms with van der Waals surface area (Å²) in [4.78, 5) is 33.2. The molecule has 0 saturated carbocycles.